The zero-order chi connectivity index (χ0) is 24.3. The van der Waals surface area contributed by atoms with Gasteiger partial charge in [-0.15, -0.1) is 0 Å². The highest BCUT2D eigenvalue weighted by Crippen LogP contribution is 2.29. The van der Waals surface area contributed by atoms with Gasteiger partial charge in [0, 0.05) is 23.5 Å². The topological polar surface area (TPSA) is 88.5 Å². The van der Waals surface area contributed by atoms with Gasteiger partial charge < -0.3 is 10.6 Å². The predicted molar refractivity (Wildman–Crippen MR) is 120 cm³/mol. The van der Waals surface area contributed by atoms with Crippen LogP contribution in [-0.4, -0.2) is 31.0 Å². The number of rotatable bonds is 6. The van der Waals surface area contributed by atoms with Crippen LogP contribution in [-0.2, 0) is 6.18 Å². The molecule has 11 heteroatoms. The van der Waals surface area contributed by atoms with Crippen molar-refractivity contribution in [1.82, 2.24) is 24.9 Å². The number of nitrogens with zero attached hydrogens (tertiary/aromatic N) is 5. The minimum absolute atomic E-state index is 0.0282. The molecule has 7 nitrogen and oxygen atoms in total. The van der Waals surface area contributed by atoms with Gasteiger partial charge in [-0.05, 0) is 62.4 Å². The van der Waals surface area contributed by atoms with Crippen molar-refractivity contribution in [3.63, 3.8) is 0 Å². The van der Waals surface area contributed by atoms with E-state index in [1.54, 1.807) is 30.5 Å². The van der Waals surface area contributed by atoms with E-state index in [9.17, 15) is 17.6 Å². The first-order chi connectivity index (χ1) is 16.2. The highest BCUT2D eigenvalue weighted by Gasteiger charge is 2.32. The second-order valence-electron chi connectivity index (χ2n) is 7.57. The van der Waals surface area contributed by atoms with E-state index in [1.807, 2.05) is 13.8 Å². The van der Waals surface area contributed by atoms with Gasteiger partial charge in [-0.2, -0.15) is 28.1 Å². The van der Waals surface area contributed by atoms with Crippen molar-refractivity contribution in [1.29, 1.82) is 0 Å². The molecule has 3 heterocycles. The van der Waals surface area contributed by atoms with Crippen molar-refractivity contribution in [2.45, 2.75) is 26.1 Å². The van der Waals surface area contributed by atoms with E-state index in [1.165, 1.54) is 24.3 Å². The molecule has 0 spiro atoms. The molecule has 34 heavy (non-hydrogen) atoms. The van der Waals surface area contributed by atoms with Gasteiger partial charge >= 0.3 is 6.18 Å². The lowest BCUT2D eigenvalue weighted by Gasteiger charge is -2.13. The molecule has 3 aromatic heterocycles. The standard InChI is InChI=1S/C23H19F4N7/c1-13(2)29-21-32-20(17-4-3-5-19(31-17)23(25,26)27)33-22(34-21)30-16-10-11-28-18(12-16)14-6-8-15(24)9-7-14/h3-13H,1-2H3,(H2,28,29,30,32,33,34). The molecular weight excluding hydrogens is 450 g/mol. The largest absolute Gasteiger partial charge is 0.433 e. The summed E-state index contributed by atoms with van der Waals surface area (Å²) in [6, 6.07) is 12.8. The van der Waals surface area contributed by atoms with Gasteiger partial charge in [0.25, 0.3) is 0 Å². The summed E-state index contributed by atoms with van der Waals surface area (Å²) in [5.74, 6) is -0.109. The molecular formula is C23H19F4N7. The Labute approximate surface area is 192 Å². The Morgan fingerprint density at radius 2 is 1.56 bits per heavy atom. The molecule has 0 fully saturated rings. The summed E-state index contributed by atoms with van der Waals surface area (Å²) >= 11 is 0. The van der Waals surface area contributed by atoms with Crippen molar-refractivity contribution < 1.29 is 17.6 Å². The maximum atomic E-state index is 13.2. The number of halogens is 4. The minimum Gasteiger partial charge on any atom is -0.352 e. The van der Waals surface area contributed by atoms with E-state index in [0.29, 0.717) is 16.9 Å². The lowest BCUT2D eigenvalue weighted by Crippen LogP contribution is -2.15. The number of hydrogen-bond donors (Lipinski definition) is 2. The Morgan fingerprint density at radius 1 is 0.824 bits per heavy atom. The van der Waals surface area contributed by atoms with Gasteiger partial charge in [0.05, 0.1) is 5.69 Å². The van der Waals surface area contributed by atoms with Crippen LogP contribution in [0.1, 0.15) is 19.5 Å². The van der Waals surface area contributed by atoms with Crippen molar-refractivity contribution in [2.75, 3.05) is 10.6 Å². The molecule has 2 N–H and O–H groups in total. The Balaban J connectivity index is 1.70. The van der Waals surface area contributed by atoms with Crippen LogP contribution in [0.5, 0.6) is 0 Å². The number of pyridine rings is 2. The summed E-state index contributed by atoms with van der Waals surface area (Å²) < 4.78 is 52.6. The fraction of sp³-hybridized carbons (Fsp3) is 0.174. The molecule has 0 unspecified atom stereocenters. The first kappa shape index (κ1) is 23.0. The number of anilines is 3. The summed E-state index contributed by atoms with van der Waals surface area (Å²) in [4.78, 5) is 20.8. The Kier molecular flexibility index (Phi) is 6.35. The summed E-state index contributed by atoms with van der Waals surface area (Å²) in [5.41, 5.74) is 0.764. The molecule has 0 aliphatic heterocycles. The molecule has 0 aliphatic rings. The SMILES string of the molecule is CC(C)Nc1nc(Nc2ccnc(-c3ccc(F)cc3)c2)nc(-c2cccc(C(F)(F)F)n2)n1. The Hall–Kier alpha value is -4.15. The van der Waals surface area contributed by atoms with Gasteiger partial charge in [0.1, 0.15) is 17.2 Å². The van der Waals surface area contributed by atoms with Crippen LogP contribution in [0.25, 0.3) is 22.8 Å². The van der Waals surface area contributed by atoms with E-state index in [4.69, 9.17) is 0 Å². The van der Waals surface area contributed by atoms with E-state index in [0.717, 1.165) is 6.07 Å². The van der Waals surface area contributed by atoms with Gasteiger partial charge in [0.2, 0.25) is 11.9 Å². The third-order valence-electron chi connectivity index (χ3n) is 4.48. The summed E-state index contributed by atoms with van der Waals surface area (Å²) in [5, 5.41) is 6.06. The minimum atomic E-state index is -4.60. The molecule has 4 aromatic rings. The van der Waals surface area contributed by atoms with E-state index < -0.39 is 11.9 Å². The first-order valence-corrected chi connectivity index (χ1v) is 10.2. The molecule has 0 radical (unpaired) electrons. The predicted octanol–water partition coefficient (Wildman–Crippen LogP) is 5.72. The number of aromatic nitrogens is 5. The molecule has 0 bridgehead atoms. The first-order valence-electron chi connectivity index (χ1n) is 10.2. The van der Waals surface area contributed by atoms with Crippen LogP contribution in [0, 0.1) is 5.82 Å². The van der Waals surface area contributed by atoms with Crippen LogP contribution >= 0.6 is 0 Å². The molecule has 174 valence electrons. The van der Waals surface area contributed by atoms with E-state index in [-0.39, 0.29) is 35.3 Å². The van der Waals surface area contributed by atoms with Gasteiger partial charge in [-0.25, -0.2) is 9.37 Å². The van der Waals surface area contributed by atoms with Gasteiger partial charge in [-0.3, -0.25) is 4.98 Å². The quantitative estimate of drug-likeness (QED) is 0.349. The van der Waals surface area contributed by atoms with Crippen molar-refractivity contribution >= 4 is 17.6 Å². The lowest BCUT2D eigenvalue weighted by molar-refractivity contribution is -0.141. The second kappa shape index (κ2) is 9.38. The Morgan fingerprint density at radius 3 is 2.26 bits per heavy atom. The van der Waals surface area contributed by atoms with Gasteiger partial charge in [-0.1, -0.05) is 6.07 Å². The van der Waals surface area contributed by atoms with Crippen LogP contribution < -0.4 is 10.6 Å². The van der Waals surface area contributed by atoms with Crippen LogP contribution in [0.3, 0.4) is 0 Å². The summed E-state index contributed by atoms with van der Waals surface area (Å²) in [6.07, 6.45) is -3.04. The Bertz CT molecular complexity index is 1290. The average Bonchev–Trinajstić information content (AvgIpc) is 2.79. The van der Waals surface area contributed by atoms with Crippen molar-refractivity contribution in [2.24, 2.45) is 0 Å². The summed E-state index contributed by atoms with van der Waals surface area (Å²) in [6.45, 7) is 3.74. The van der Waals surface area contributed by atoms with Gasteiger partial charge in [0.15, 0.2) is 5.82 Å². The molecule has 1 aromatic carbocycles. The number of nitrogens with one attached hydrogen (secondary N) is 2. The zero-order valence-electron chi connectivity index (χ0n) is 18.1. The number of alkyl halides is 3. The molecule has 0 atom stereocenters. The van der Waals surface area contributed by atoms with E-state index >= 15 is 0 Å². The highest BCUT2D eigenvalue weighted by atomic mass is 19.4. The number of hydrogen-bond acceptors (Lipinski definition) is 7. The normalized spacial score (nSPS) is 11.5. The maximum absolute atomic E-state index is 13.2. The fourth-order valence-electron chi connectivity index (χ4n) is 3.00. The monoisotopic (exact) mass is 469 g/mol. The molecule has 0 aliphatic carbocycles. The van der Waals surface area contributed by atoms with E-state index in [2.05, 4.69) is 35.6 Å². The maximum Gasteiger partial charge on any atom is 0.433 e. The zero-order valence-corrected chi connectivity index (χ0v) is 18.1. The van der Waals surface area contributed by atoms with Crippen molar-refractivity contribution in [3.05, 3.63) is 72.3 Å². The summed E-state index contributed by atoms with van der Waals surface area (Å²) in [7, 11) is 0. The smallest absolute Gasteiger partial charge is 0.352 e. The molecule has 4 rings (SSSR count). The molecule has 0 amide bonds. The lowest BCUT2D eigenvalue weighted by atomic mass is 10.1. The number of benzene rings is 1. The van der Waals surface area contributed by atoms with Crippen LogP contribution in [0.4, 0.5) is 35.1 Å². The average molecular weight is 469 g/mol. The van der Waals surface area contributed by atoms with Crippen LogP contribution in [0.15, 0.2) is 60.8 Å². The fourth-order valence-corrected chi connectivity index (χ4v) is 3.00. The van der Waals surface area contributed by atoms with Crippen LogP contribution in [0.2, 0.25) is 0 Å². The second-order valence-corrected chi connectivity index (χ2v) is 7.57. The molecule has 0 saturated carbocycles. The van der Waals surface area contributed by atoms with Crippen molar-refractivity contribution in [3.8, 4) is 22.8 Å². The third kappa shape index (κ3) is 5.61. The third-order valence-corrected chi connectivity index (χ3v) is 4.48. The highest BCUT2D eigenvalue weighted by molar-refractivity contribution is 5.66. The molecule has 0 saturated heterocycles.